The third-order valence-corrected chi connectivity index (χ3v) is 13.2. The highest BCUT2D eigenvalue weighted by Crippen LogP contribution is 2.54. The Bertz CT molecular complexity index is 2550. The van der Waals surface area contributed by atoms with Crippen molar-refractivity contribution in [1.82, 2.24) is 0 Å². The molecule has 254 valence electrons. The number of anilines is 3. The lowest BCUT2D eigenvalue weighted by Gasteiger charge is -2.30. The molecule has 1 aromatic heterocycles. The van der Waals surface area contributed by atoms with Gasteiger partial charge in [0.25, 0.3) is 0 Å². The topological polar surface area (TPSA) is 3.24 Å². The second-order valence-electron chi connectivity index (χ2n) is 17.3. The zero-order valence-electron chi connectivity index (χ0n) is 31.4. The Hall–Kier alpha value is -4.66. The number of benzene rings is 6. The van der Waals surface area contributed by atoms with Gasteiger partial charge in [0, 0.05) is 48.1 Å². The Morgan fingerprint density at radius 2 is 1.08 bits per heavy atom. The largest absolute Gasteiger partial charge is 0.310 e. The molecular formula is C49H47NS. The molecule has 0 radical (unpaired) electrons. The van der Waals surface area contributed by atoms with E-state index in [0.29, 0.717) is 5.92 Å². The third kappa shape index (κ3) is 4.72. The van der Waals surface area contributed by atoms with Gasteiger partial charge in [-0.3, -0.25) is 0 Å². The highest BCUT2D eigenvalue weighted by atomic mass is 32.1. The van der Waals surface area contributed by atoms with Crippen molar-refractivity contribution in [3.8, 4) is 22.3 Å². The van der Waals surface area contributed by atoms with Crippen molar-refractivity contribution in [2.24, 2.45) is 0 Å². The predicted octanol–water partition coefficient (Wildman–Crippen LogP) is 14.6. The Labute approximate surface area is 307 Å². The van der Waals surface area contributed by atoms with Gasteiger partial charge in [0.05, 0.1) is 0 Å². The summed E-state index contributed by atoms with van der Waals surface area (Å²) in [5.74, 6) is 0.481. The summed E-state index contributed by atoms with van der Waals surface area (Å²) < 4.78 is 2.75. The van der Waals surface area contributed by atoms with Crippen LogP contribution in [0.4, 0.5) is 17.1 Å². The van der Waals surface area contributed by atoms with Crippen LogP contribution in [0.3, 0.4) is 0 Å². The van der Waals surface area contributed by atoms with Crippen molar-refractivity contribution in [3.05, 3.63) is 149 Å². The van der Waals surface area contributed by atoms with Crippen LogP contribution in [0.15, 0.2) is 115 Å². The van der Waals surface area contributed by atoms with Gasteiger partial charge in [-0.1, -0.05) is 135 Å². The summed E-state index contributed by atoms with van der Waals surface area (Å²) >= 11 is 1.93. The quantitative estimate of drug-likeness (QED) is 0.179. The van der Waals surface area contributed by atoms with Crippen LogP contribution in [0, 0.1) is 0 Å². The van der Waals surface area contributed by atoms with E-state index in [-0.39, 0.29) is 16.2 Å². The average Bonchev–Trinajstić information content (AvgIpc) is 3.67. The summed E-state index contributed by atoms with van der Waals surface area (Å²) in [6.07, 6.45) is 0. The van der Waals surface area contributed by atoms with E-state index >= 15 is 0 Å². The number of thiophene rings is 1. The smallest absolute Gasteiger partial charge is 0.0468 e. The third-order valence-electron chi connectivity index (χ3n) is 12.0. The molecule has 0 atom stereocenters. The SMILES string of the molecule is CC(C)c1cccc2c1sc1ccc(N(c3ccc4c(c3)C(C)(C)c3ccccc3-4)c3ccc4c(c3)C(C)(C)c3cc(C(C)(C)C)ccc3-4)cc12. The minimum Gasteiger partial charge on any atom is -0.310 e. The first-order valence-electron chi connectivity index (χ1n) is 18.5. The molecule has 1 nitrogen and oxygen atoms in total. The summed E-state index contributed by atoms with van der Waals surface area (Å²) in [5.41, 5.74) is 17.3. The van der Waals surface area contributed by atoms with Gasteiger partial charge in [0.15, 0.2) is 0 Å². The minimum atomic E-state index is -0.115. The molecule has 51 heavy (non-hydrogen) atoms. The van der Waals surface area contributed by atoms with Gasteiger partial charge < -0.3 is 4.90 Å². The maximum atomic E-state index is 2.51. The first kappa shape index (κ1) is 32.3. The fraction of sp³-hybridized carbons (Fsp3) is 0.265. The van der Waals surface area contributed by atoms with Crippen LogP contribution < -0.4 is 4.90 Å². The zero-order chi connectivity index (χ0) is 35.6. The Morgan fingerprint density at radius 1 is 0.529 bits per heavy atom. The lowest BCUT2D eigenvalue weighted by Crippen LogP contribution is -2.19. The summed E-state index contributed by atoms with van der Waals surface area (Å²) in [6.45, 7) is 21.1. The lowest BCUT2D eigenvalue weighted by atomic mass is 9.79. The fourth-order valence-corrected chi connectivity index (χ4v) is 10.4. The van der Waals surface area contributed by atoms with Gasteiger partial charge in [-0.25, -0.2) is 0 Å². The number of rotatable bonds is 4. The van der Waals surface area contributed by atoms with E-state index in [9.17, 15) is 0 Å². The molecule has 0 N–H and O–H groups in total. The van der Waals surface area contributed by atoms with E-state index in [2.05, 4.69) is 182 Å². The van der Waals surface area contributed by atoms with E-state index in [1.54, 1.807) is 0 Å². The molecule has 2 aliphatic carbocycles. The minimum absolute atomic E-state index is 0.0826. The Kier molecular flexibility index (Phi) is 6.91. The van der Waals surface area contributed by atoms with Crippen LogP contribution in [0.1, 0.15) is 102 Å². The van der Waals surface area contributed by atoms with E-state index < -0.39 is 0 Å². The van der Waals surface area contributed by atoms with Gasteiger partial charge in [0.1, 0.15) is 0 Å². The monoisotopic (exact) mass is 681 g/mol. The molecule has 0 aliphatic heterocycles. The average molecular weight is 682 g/mol. The molecule has 0 spiro atoms. The molecule has 6 aromatic carbocycles. The van der Waals surface area contributed by atoms with Gasteiger partial charge in [-0.05, 0) is 109 Å². The van der Waals surface area contributed by atoms with Gasteiger partial charge in [0.2, 0.25) is 0 Å². The molecule has 2 heteroatoms. The zero-order valence-corrected chi connectivity index (χ0v) is 32.2. The summed E-state index contributed by atoms with van der Waals surface area (Å²) in [4.78, 5) is 2.51. The molecule has 0 saturated carbocycles. The molecular weight excluding hydrogens is 635 g/mol. The van der Waals surface area contributed by atoms with Crippen LogP contribution in [-0.4, -0.2) is 0 Å². The first-order valence-corrected chi connectivity index (χ1v) is 19.4. The molecule has 0 unspecified atom stereocenters. The lowest BCUT2D eigenvalue weighted by molar-refractivity contribution is 0.584. The van der Waals surface area contributed by atoms with E-state index in [1.807, 2.05) is 11.3 Å². The van der Waals surface area contributed by atoms with Gasteiger partial charge in [-0.15, -0.1) is 11.3 Å². The van der Waals surface area contributed by atoms with Crippen LogP contribution in [0.25, 0.3) is 42.4 Å². The first-order chi connectivity index (χ1) is 24.2. The molecule has 9 rings (SSSR count). The van der Waals surface area contributed by atoms with E-state index in [0.717, 1.165) is 0 Å². The second-order valence-corrected chi connectivity index (χ2v) is 18.3. The standard InChI is InChI=1S/C49H47NS/c1-29(2)34-14-12-15-39-40-26-31(20-24-45(40)51-46(34)39)50(32-18-22-37-35-13-10-11-16-41(35)48(6,7)43(37)27-32)33-19-23-38-36-21-17-30(47(3,4)5)25-42(36)49(8,9)44(38)28-33/h10-29H,1-9H3. The van der Waals surface area contributed by atoms with Gasteiger partial charge >= 0.3 is 0 Å². The second kappa shape index (κ2) is 10.9. The molecule has 0 amide bonds. The number of hydrogen-bond acceptors (Lipinski definition) is 2. The molecule has 7 aromatic rings. The van der Waals surface area contributed by atoms with Crippen molar-refractivity contribution in [2.45, 2.75) is 84.5 Å². The maximum absolute atomic E-state index is 2.51. The van der Waals surface area contributed by atoms with Crippen molar-refractivity contribution in [2.75, 3.05) is 4.90 Å². The van der Waals surface area contributed by atoms with Crippen LogP contribution in [0.5, 0.6) is 0 Å². The van der Waals surface area contributed by atoms with Gasteiger partial charge in [-0.2, -0.15) is 0 Å². The Morgan fingerprint density at radius 3 is 1.73 bits per heavy atom. The molecule has 0 fully saturated rings. The summed E-state index contributed by atoms with van der Waals surface area (Å²) in [7, 11) is 0. The number of fused-ring (bicyclic) bond motifs is 9. The van der Waals surface area contributed by atoms with Crippen LogP contribution in [0.2, 0.25) is 0 Å². The molecule has 2 aliphatic rings. The van der Waals surface area contributed by atoms with Crippen LogP contribution in [-0.2, 0) is 16.2 Å². The highest BCUT2D eigenvalue weighted by molar-refractivity contribution is 7.26. The van der Waals surface area contributed by atoms with Crippen molar-refractivity contribution in [3.63, 3.8) is 0 Å². The molecule has 0 bridgehead atoms. The van der Waals surface area contributed by atoms with E-state index in [4.69, 9.17) is 0 Å². The van der Waals surface area contributed by atoms with Crippen molar-refractivity contribution in [1.29, 1.82) is 0 Å². The molecule has 0 saturated heterocycles. The number of hydrogen-bond donors (Lipinski definition) is 0. The number of nitrogens with zero attached hydrogens (tertiary/aromatic N) is 1. The highest BCUT2D eigenvalue weighted by Gasteiger charge is 2.38. The van der Waals surface area contributed by atoms with Crippen molar-refractivity contribution < 1.29 is 0 Å². The van der Waals surface area contributed by atoms with E-state index in [1.165, 1.54) is 92.9 Å². The summed E-state index contributed by atoms with van der Waals surface area (Å²) in [6, 6.07) is 44.4. The maximum Gasteiger partial charge on any atom is 0.0468 e. The van der Waals surface area contributed by atoms with Crippen LogP contribution >= 0.6 is 11.3 Å². The molecule has 1 heterocycles. The summed E-state index contributed by atoms with van der Waals surface area (Å²) in [5, 5.41) is 2.69. The fourth-order valence-electron chi connectivity index (χ4n) is 9.01. The Balaban J connectivity index is 1.25. The predicted molar refractivity (Wildman–Crippen MR) is 222 cm³/mol. The van der Waals surface area contributed by atoms with Crippen molar-refractivity contribution >= 4 is 48.6 Å². The normalized spacial score (nSPS) is 15.3.